The number of benzene rings is 1. The number of aliphatic imine (C=N–C) groups is 2. The molecular weight excluding hydrogens is 448 g/mol. The fourth-order valence-electron chi connectivity index (χ4n) is 5.34. The van der Waals surface area contributed by atoms with E-state index in [0.29, 0.717) is 25.0 Å². The molecule has 2 aliphatic carbocycles. The molecule has 2 aliphatic heterocycles. The Morgan fingerprint density at radius 2 is 1.17 bits per heavy atom. The molecule has 36 heavy (non-hydrogen) atoms. The zero-order chi connectivity index (χ0) is 25.7. The van der Waals surface area contributed by atoms with Gasteiger partial charge in [0.25, 0.3) is 0 Å². The van der Waals surface area contributed by atoms with Crippen LogP contribution in [0.25, 0.3) is 0 Å². The van der Waals surface area contributed by atoms with Gasteiger partial charge in [-0.2, -0.15) is 0 Å². The van der Waals surface area contributed by atoms with Gasteiger partial charge in [-0.3, -0.25) is 0 Å². The van der Waals surface area contributed by atoms with E-state index in [2.05, 4.69) is 53.7 Å². The number of nitrogens with zero attached hydrogens (tertiary/aromatic N) is 2. The Morgan fingerprint density at radius 3 is 1.56 bits per heavy atom. The summed E-state index contributed by atoms with van der Waals surface area (Å²) in [6, 6.07) is 10.1. The summed E-state index contributed by atoms with van der Waals surface area (Å²) in [7, 11) is 0. The van der Waals surface area contributed by atoms with Crippen molar-refractivity contribution in [3.05, 3.63) is 83.5 Å². The maximum atomic E-state index is 12.8. The highest BCUT2D eigenvalue weighted by Crippen LogP contribution is 2.49. The molecular formula is C31H38N2O3. The lowest BCUT2D eigenvalue weighted by atomic mass is 9.68. The quantitative estimate of drug-likeness (QED) is 0.573. The largest absolute Gasteiger partial charge is 0.475 e. The Labute approximate surface area is 215 Å². The van der Waals surface area contributed by atoms with E-state index in [1.165, 1.54) is 0 Å². The van der Waals surface area contributed by atoms with Crippen molar-refractivity contribution in [3.8, 4) is 0 Å². The van der Waals surface area contributed by atoms with Crippen LogP contribution < -0.4 is 0 Å². The normalized spacial score (nSPS) is 29.3. The van der Waals surface area contributed by atoms with Gasteiger partial charge in [-0.15, -0.1) is 0 Å². The van der Waals surface area contributed by atoms with Crippen molar-refractivity contribution in [3.63, 3.8) is 0 Å². The average Bonchev–Trinajstić information content (AvgIpc) is 3.61. The molecule has 1 N–H and O–H groups in total. The van der Waals surface area contributed by atoms with Crippen LogP contribution in [0.1, 0.15) is 47.1 Å². The van der Waals surface area contributed by atoms with Crippen molar-refractivity contribution in [2.75, 3.05) is 13.2 Å². The molecule has 5 heteroatoms. The van der Waals surface area contributed by atoms with Gasteiger partial charge < -0.3 is 14.6 Å². The molecule has 2 unspecified atom stereocenters. The highest BCUT2D eigenvalue weighted by Gasteiger charge is 2.51. The lowest BCUT2D eigenvalue weighted by molar-refractivity contribution is -0.0180. The standard InChI is InChI=1S/C31H38N2O3/c1-29(2,3)25-18-35-27(32-25)21-14-10-16-23(21)31(34,20-12-8-7-9-13-20)24-17-11-15-22(24)28-33-26(19-36-28)30(4,5)6/h7-17,23-26,34H,18-19H2,1-6H3/t23?,24?,25-,26-,31?/m1/s1. The van der Waals surface area contributed by atoms with Gasteiger partial charge in [0.05, 0.1) is 12.1 Å². The predicted molar refractivity (Wildman–Crippen MR) is 145 cm³/mol. The monoisotopic (exact) mass is 486 g/mol. The van der Waals surface area contributed by atoms with Crippen molar-refractivity contribution in [1.82, 2.24) is 0 Å². The maximum absolute atomic E-state index is 12.8. The first-order chi connectivity index (χ1) is 17.0. The number of rotatable bonds is 5. The second-order valence-corrected chi connectivity index (χ2v) is 12.4. The van der Waals surface area contributed by atoms with Crippen LogP contribution in [0.2, 0.25) is 0 Å². The zero-order valence-corrected chi connectivity index (χ0v) is 22.2. The van der Waals surface area contributed by atoms with Crippen LogP contribution in [0.15, 0.2) is 87.9 Å². The molecule has 4 aliphatic rings. The molecule has 0 saturated heterocycles. The summed E-state index contributed by atoms with van der Waals surface area (Å²) in [4.78, 5) is 9.91. The molecule has 0 saturated carbocycles. The molecule has 0 spiro atoms. The Kier molecular flexibility index (Phi) is 6.11. The first-order valence-electron chi connectivity index (χ1n) is 13.0. The zero-order valence-electron chi connectivity index (χ0n) is 22.2. The van der Waals surface area contributed by atoms with Gasteiger partial charge in [0, 0.05) is 23.0 Å². The Hall–Kier alpha value is -2.92. The molecule has 0 aromatic heterocycles. The molecule has 5 nitrogen and oxygen atoms in total. The van der Waals surface area contributed by atoms with E-state index in [4.69, 9.17) is 19.5 Å². The van der Waals surface area contributed by atoms with E-state index in [1.807, 2.05) is 54.6 Å². The SMILES string of the molecule is CC(C)(C)[C@H]1COC(C2=CC=CC2C(O)(c2ccccc2)C2C=CC=C2C2=N[C@@H](C(C)(C)C)CO2)=N1. The summed E-state index contributed by atoms with van der Waals surface area (Å²) >= 11 is 0. The minimum Gasteiger partial charge on any atom is -0.475 e. The van der Waals surface area contributed by atoms with Gasteiger partial charge in [-0.25, -0.2) is 9.98 Å². The van der Waals surface area contributed by atoms with Gasteiger partial charge in [-0.1, -0.05) is 108 Å². The summed E-state index contributed by atoms with van der Waals surface area (Å²) in [6.45, 7) is 14.2. The highest BCUT2D eigenvalue weighted by molar-refractivity contribution is 5.98. The molecule has 0 bridgehead atoms. The van der Waals surface area contributed by atoms with Crippen molar-refractivity contribution >= 4 is 11.8 Å². The van der Waals surface area contributed by atoms with Crippen LogP contribution in [0.3, 0.4) is 0 Å². The average molecular weight is 487 g/mol. The molecule has 4 atom stereocenters. The molecule has 190 valence electrons. The molecule has 1 aromatic rings. The van der Waals surface area contributed by atoms with E-state index >= 15 is 0 Å². The van der Waals surface area contributed by atoms with Gasteiger partial charge >= 0.3 is 0 Å². The topological polar surface area (TPSA) is 63.4 Å². The summed E-state index contributed by atoms with van der Waals surface area (Å²) in [5.74, 6) is 0.589. The summed E-state index contributed by atoms with van der Waals surface area (Å²) in [6.07, 6.45) is 12.2. The molecule has 0 fully saturated rings. The lowest BCUT2D eigenvalue weighted by Crippen LogP contribution is -2.44. The van der Waals surface area contributed by atoms with Crippen LogP contribution in [0.4, 0.5) is 0 Å². The van der Waals surface area contributed by atoms with Crippen molar-refractivity contribution in [2.45, 2.75) is 59.2 Å². The Bertz CT molecular complexity index is 1120. The third-order valence-corrected chi connectivity index (χ3v) is 7.81. The van der Waals surface area contributed by atoms with Gasteiger partial charge in [0.1, 0.15) is 18.8 Å². The molecule has 5 rings (SSSR count). The Balaban J connectivity index is 1.54. The van der Waals surface area contributed by atoms with E-state index in [9.17, 15) is 5.11 Å². The second kappa shape index (κ2) is 8.88. The van der Waals surface area contributed by atoms with Crippen molar-refractivity contribution in [1.29, 1.82) is 0 Å². The van der Waals surface area contributed by atoms with Gasteiger partial charge in [0.2, 0.25) is 11.8 Å². The third-order valence-electron chi connectivity index (χ3n) is 7.81. The van der Waals surface area contributed by atoms with Crippen LogP contribution in [-0.4, -0.2) is 42.2 Å². The highest BCUT2D eigenvalue weighted by atomic mass is 16.5. The van der Waals surface area contributed by atoms with E-state index in [-0.39, 0.29) is 34.7 Å². The van der Waals surface area contributed by atoms with Crippen molar-refractivity contribution < 1.29 is 14.6 Å². The van der Waals surface area contributed by atoms with Gasteiger partial charge in [-0.05, 0) is 16.4 Å². The molecule has 2 heterocycles. The first-order valence-corrected chi connectivity index (χ1v) is 13.0. The summed E-state index contributed by atoms with van der Waals surface area (Å²) in [5, 5.41) is 12.8. The second-order valence-electron chi connectivity index (χ2n) is 12.4. The van der Waals surface area contributed by atoms with Crippen LogP contribution in [-0.2, 0) is 15.1 Å². The van der Waals surface area contributed by atoms with Gasteiger partial charge in [0.15, 0.2) is 0 Å². The van der Waals surface area contributed by atoms with Crippen molar-refractivity contribution in [2.24, 2.45) is 32.7 Å². The number of hydrogen-bond donors (Lipinski definition) is 1. The van der Waals surface area contributed by atoms with Crippen LogP contribution in [0.5, 0.6) is 0 Å². The number of aliphatic hydroxyl groups is 1. The Morgan fingerprint density at radius 1 is 0.722 bits per heavy atom. The summed E-state index contributed by atoms with van der Waals surface area (Å²) in [5.41, 5.74) is 1.39. The van der Waals surface area contributed by atoms with Crippen LogP contribution in [0, 0.1) is 22.7 Å². The van der Waals surface area contributed by atoms with E-state index < -0.39 is 5.60 Å². The van der Waals surface area contributed by atoms with E-state index in [0.717, 1.165) is 16.7 Å². The molecule has 0 radical (unpaired) electrons. The number of allylic oxidation sites excluding steroid dienone is 4. The third kappa shape index (κ3) is 4.28. The maximum Gasteiger partial charge on any atom is 0.213 e. The molecule has 1 aromatic carbocycles. The minimum atomic E-state index is -1.28. The fraction of sp³-hybridized carbons (Fsp3) is 0.484. The fourth-order valence-corrected chi connectivity index (χ4v) is 5.34. The number of ether oxygens (including phenoxy) is 2. The van der Waals surface area contributed by atoms with E-state index in [1.54, 1.807) is 0 Å². The lowest BCUT2D eigenvalue weighted by Gasteiger charge is -2.40. The smallest absolute Gasteiger partial charge is 0.213 e. The minimum absolute atomic E-state index is 0.00518. The van der Waals surface area contributed by atoms with Crippen LogP contribution >= 0.6 is 0 Å². The predicted octanol–water partition coefficient (Wildman–Crippen LogP) is 5.79. The first kappa shape index (κ1) is 24.8. The number of hydrogen-bond acceptors (Lipinski definition) is 5. The summed E-state index contributed by atoms with van der Waals surface area (Å²) < 4.78 is 12.3. The molecule has 0 amide bonds.